The molecule has 0 radical (unpaired) electrons. The first-order chi connectivity index (χ1) is 11.8. The lowest BCUT2D eigenvalue weighted by atomic mass is 10.00. The van der Waals surface area contributed by atoms with Crippen molar-refractivity contribution in [3.63, 3.8) is 0 Å². The highest BCUT2D eigenvalue weighted by Gasteiger charge is 2.35. The van der Waals surface area contributed by atoms with Gasteiger partial charge in [-0.2, -0.15) is 4.98 Å². The molecule has 1 saturated heterocycles. The van der Waals surface area contributed by atoms with E-state index in [9.17, 15) is 4.39 Å². The van der Waals surface area contributed by atoms with E-state index in [0.717, 1.165) is 5.56 Å². The van der Waals surface area contributed by atoms with Crippen LogP contribution in [-0.2, 0) is 6.42 Å². The van der Waals surface area contributed by atoms with E-state index in [1.807, 2.05) is 42.2 Å². The van der Waals surface area contributed by atoms with Crippen LogP contribution in [0.25, 0.3) is 11.4 Å². The molecular weight excluding hydrogens is 309 g/mol. The fourth-order valence-electron chi connectivity index (χ4n) is 2.78. The molecule has 7 heteroatoms. The van der Waals surface area contributed by atoms with Crippen molar-refractivity contribution in [1.29, 1.82) is 0 Å². The average molecular weight is 325 g/mol. The van der Waals surface area contributed by atoms with Crippen LogP contribution >= 0.6 is 0 Å². The van der Waals surface area contributed by atoms with Gasteiger partial charge in [0.1, 0.15) is 6.33 Å². The molecule has 3 aromatic rings. The number of hydrogen-bond donors (Lipinski definition) is 0. The van der Waals surface area contributed by atoms with Crippen molar-refractivity contribution >= 4 is 5.82 Å². The van der Waals surface area contributed by atoms with E-state index in [1.54, 1.807) is 0 Å². The second-order valence-electron chi connectivity index (χ2n) is 5.74. The minimum atomic E-state index is -0.339. The molecule has 1 fully saturated rings. The Bertz CT molecular complexity index is 845. The van der Waals surface area contributed by atoms with Gasteiger partial charge in [0.15, 0.2) is 11.6 Å². The molecule has 3 heterocycles. The third kappa shape index (κ3) is 2.51. The van der Waals surface area contributed by atoms with Gasteiger partial charge in [0.25, 0.3) is 0 Å². The van der Waals surface area contributed by atoms with Gasteiger partial charge in [0, 0.05) is 18.7 Å². The lowest BCUT2D eigenvalue weighted by Crippen LogP contribution is -2.46. The largest absolute Gasteiger partial charge is 0.352 e. The number of halogens is 1. The summed E-state index contributed by atoms with van der Waals surface area (Å²) in [7, 11) is 0. The van der Waals surface area contributed by atoms with Crippen molar-refractivity contribution < 1.29 is 8.91 Å². The van der Waals surface area contributed by atoms with E-state index >= 15 is 0 Å². The Morgan fingerprint density at radius 3 is 2.75 bits per heavy atom. The number of hydrogen-bond acceptors (Lipinski definition) is 6. The summed E-state index contributed by atoms with van der Waals surface area (Å²) in [5.74, 6) is 1.25. The first-order valence-corrected chi connectivity index (χ1v) is 7.89. The summed E-state index contributed by atoms with van der Waals surface area (Å²) in [5.41, 5.74) is 1.35. The van der Waals surface area contributed by atoms with Gasteiger partial charge < -0.3 is 9.42 Å². The van der Waals surface area contributed by atoms with Crippen LogP contribution in [-0.4, -0.2) is 33.2 Å². The molecule has 6 nitrogen and oxygen atoms in total. The van der Waals surface area contributed by atoms with Crippen molar-refractivity contribution in [2.24, 2.45) is 0 Å². The standard InChI is InChI=1S/C17H16FN5O/c1-2-13-14(18)16(20-10-19-13)23-8-12(9-23)17-21-15(22-24-17)11-6-4-3-5-7-11/h3-7,10,12H,2,8-9H2,1H3. The van der Waals surface area contributed by atoms with Gasteiger partial charge in [-0.1, -0.05) is 42.4 Å². The summed E-state index contributed by atoms with van der Waals surface area (Å²) < 4.78 is 19.6. The number of benzene rings is 1. The lowest BCUT2D eigenvalue weighted by Gasteiger charge is -2.38. The van der Waals surface area contributed by atoms with Crippen molar-refractivity contribution in [2.45, 2.75) is 19.3 Å². The smallest absolute Gasteiger partial charge is 0.233 e. The summed E-state index contributed by atoms with van der Waals surface area (Å²) in [6.45, 7) is 3.08. The summed E-state index contributed by atoms with van der Waals surface area (Å²) >= 11 is 0. The lowest BCUT2D eigenvalue weighted by molar-refractivity contribution is 0.327. The molecule has 122 valence electrons. The maximum Gasteiger partial charge on any atom is 0.233 e. The van der Waals surface area contributed by atoms with Gasteiger partial charge in [0.2, 0.25) is 11.7 Å². The third-order valence-electron chi connectivity index (χ3n) is 4.18. The molecule has 0 atom stereocenters. The highest BCUT2D eigenvalue weighted by atomic mass is 19.1. The average Bonchev–Trinajstić information content (AvgIpc) is 3.05. The molecule has 1 aromatic carbocycles. The summed E-state index contributed by atoms with van der Waals surface area (Å²) in [6.07, 6.45) is 1.95. The van der Waals surface area contributed by atoms with Crippen LogP contribution in [0.2, 0.25) is 0 Å². The second kappa shape index (κ2) is 5.99. The van der Waals surface area contributed by atoms with Gasteiger partial charge in [-0.25, -0.2) is 14.4 Å². The zero-order valence-electron chi connectivity index (χ0n) is 13.2. The maximum absolute atomic E-state index is 14.3. The van der Waals surface area contributed by atoms with E-state index in [0.29, 0.717) is 42.7 Å². The van der Waals surface area contributed by atoms with Crippen LogP contribution in [0.5, 0.6) is 0 Å². The molecule has 0 aliphatic carbocycles. The minimum absolute atomic E-state index is 0.0920. The van der Waals surface area contributed by atoms with E-state index in [1.165, 1.54) is 6.33 Å². The first-order valence-electron chi connectivity index (χ1n) is 7.89. The van der Waals surface area contributed by atoms with Crippen LogP contribution in [0.1, 0.15) is 24.4 Å². The third-order valence-corrected chi connectivity index (χ3v) is 4.18. The molecule has 1 aliphatic heterocycles. The van der Waals surface area contributed by atoms with Crippen LogP contribution in [0.3, 0.4) is 0 Å². The number of aryl methyl sites for hydroxylation is 1. The van der Waals surface area contributed by atoms with E-state index < -0.39 is 0 Å². The SMILES string of the molecule is CCc1ncnc(N2CC(c3nc(-c4ccccc4)no3)C2)c1F. The van der Waals surface area contributed by atoms with Gasteiger partial charge >= 0.3 is 0 Å². The molecule has 0 spiro atoms. The summed E-state index contributed by atoms with van der Waals surface area (Å²) in [4.78, 5) is 14.3. The Hall–Kier alpha value is -2.83. The number of aromatic nitrogens is 4. The van der Waals surface area contributed by atoms with Gasteiger partial charge in [-0.15, -0.1) is 0 Å². The van der Waals surface area contributed by atoms with Gasteiger partial charge in [0.05, 0.1) is 11.6 Å². The molecule has 4 rings (SSSR count). The normalized spacial score (nSPS) is 14.7. The Morgan fingerprint density at radius 1 is 1.21 bits per heavy atom. The van der Waals surface area contributed by atoms with E-state index in [4.69, 9.17) is 4.52 Å². The first kappa shape index (κ1) is 14.7. The van der Waals surface area contributed by atoms with Crippen LogP contribution in [0.4, 0.5) is 10.2 Å². The highest BCUT2D eigenvalue weighted by Crippen LogP contribution is 2.32. The fraction of sp³-hybridized carbons (Fsp3) is 0.294. The van der Waals surface area contributed by atoms with E-state index in [-0.39, 0.29) is 11.7 Å². The molecule has 0 unspecified atom stereocenters. The molecule has 0 amide bonds. The Labute approximate surface area is 138 Å². The fourth-order valence-corrected chi connectivity index (χ4v) is 2.78. The van der Waals surface area contributed by atoms with Crippen molar-refractivity contribution in [1.82, 2.24) is 20.1 Å². The maximum atomic E-state index is 14.3. The second-order valence-corrected chi connectivity index (χ2v) is 5.74. The van der Waals surface area contributed by atoms with E-state index in [2.05, 4.69) is 20.1 Å². The number of rotatable bonds is 4. The zero-order chi connectivity index (χ0) is 16.5. The quantitative estimate of drug-likeness (QED) is 0.735. The van der Waals surface area contributed by atoms with Crippen LogP contribution < -0.4 is 4.90 Å². The van der Waals surface area contributed by atoms with Crippen LogP contribution in [0, 0.1) is 5.82 Å². The molecular formula is C17H16FN5O. The van der Waals surface area contributed by atoms with Crippen molar-refractivity contribution in [3.8, 4) is 11.4 Å². The highest BCUT2D eigenvalue weighted by molar-refractivity contribution is 5.54. The zero-order valence-corrected chi connectivity index (χ0v) is 13.2. The van der Waals surface area contributed by atoms with Gasteiger partial charge in [-0.05, 0) is 6.42 Å². The predicted molar refractivity (Wildman–Crippen MR) is 86.1 cm³/mol. The molecule has 2 aromatic heterocycles. The Balaban J connectivity index is 1.48. The summed E-state index contributed by atoms with van der Waals surface area (Å²) in [5, 5.41) is 4.03. The molecule has 0 saturated carbocycles. The van der Waals surface area contributed by atoms with Crippen molar-refractivity contribution in [3.05, 3.63) is 54.1 Å². The molecule has 0 bridgehead atoms. The predicted octanol–water partition coefficient (Wildman–Crippen LogP) is 2.83. The topological polar surface area (TPSA) is 67.9 Å². The molecule has 0 N–H and O–H groups in total. The number of nitrogens with zero attached hydrogens (tertiary/aromatic N) is 5. The van der Waals surface area contributed by atoms with Crippen LogP contribution in [0.15, 0.2) is 41.2 Å². The summed E-state index contributed by atoms with van der Waals surface area (Å²) in [6, 6.07) is 9.67. The Kier molecular flexibility index (Phi) is 3.68. The molecule has 24 heavy (non-hydrogen) atoms. The Morgan fingerprint density at radius 2 is 2.00 bits per heavy atom. The van der Waals surface area contributed by atoms with Crippen molar-refractivity contribution in [2.75, 3.05) is 18.0 Å². The molecule has 1 aliphatic rings. The number of anilines is 1. The minimum Gasteiger partial charge on any atom is -0.352 e. The monoisotopic (exact) mass is 325 g/mol. The van der Waals surface area contributed by atoms with Gasteiger partial charge in [-0.3, -0.25) is 0 Å².